The Labute approximate surface area is 201 Å². The summed E-state index contributed by atoms with van der Waals surface area (Å²) in [5.41, 5.74) is 2.36. The highest BCUT2D eigenvalue weighted by atomic mass is 19.1. The summed E-state index contributed by atoms with van der Waals surface area (Å²) in [4.78, 5) is 23.5. The highest BCUT2D eigenvalue weighted by molar-refractivity contribution is 5.75. The molecule has 190 valence electrons. The van der Waals surface area contributed by atoms with Crippen molar-refractivity contribution in [2.24, 2.45) is 0 Å². The molecule has 0 heterocycles. The van der Waals surface area contributed by atoms with Crippen molar-refractivity contribution in [3.05, 3.63) is 29.3 Å². The Morgan fingerprint density at radius 3 is 1.74 bits per heavy atom. The molecule has 0 aliphatic heterocycles. The van der Waals surface area contributed by atoms with Gasteiger partial charge in [-0.3, -0.25) is 0 Å². The Morgan fingerprint density at radius 1 is 0.824 bits per heavy atom. The lowest BCUT2D eigenvalue weighted by molar-refractivity contribution is -0.157. The molecule has 0 N–H and O–H groups in total. The maximum Gasteiger partial charge on any atom is 0.340 e. The second-order valence-corrected chi connectivity index (χ2v) is 9.57. The Morgan fingerprint density at radius 2 is 1.29 bits per heavy atom. The fraction of sp³-hybridized carbons (Fsp3) is 0.704. The van der Waals surface area contributed by atoms with Crippen LogP contribution in [0.1, 0.15) is 101 Å². The second-order valence-electron chi connectivity index (χ2n) is 9.57. The summed E-state index contributed by atoms with van der Waals surface area (Å²) in [6.45, 7) is 3.27. The Bertz CT molecular complexity index is 813. The SMILES string of the molecule is CCC(F)C(=O)OC1CCC(c2ccc(C3CCC(OC(=O)C(F)CC)CC3)c(OC)c2)CC1. The van der Waals surface area contributed by atoms with Crippen molar-refractivity contribution in [2.45, 2.75) is 114 Å². The summed E-state index contributed by atoms with van der Waals surface area (Å²) in [6, 6.07) is 6.41. The monoisotopic (exact) mass is 480 g/mol. The topological polar surface area (TPSA) is 61.8 Å². The molecule has 0 aromatic heterocycles. The van der Waals surface area contributed by atoms with Gasteiger partial charge < -0.3 is 14.2 Å². The van der Waals surface area contributed by atoms with E-state index in [9.17, 15) is 18.4 Å². The lowest BCUT2D eigenvalue weighted by Gasteiger charge is -2.31. The van der Waals surface area contributed by atoms with E-state index >= 15 is 0 Å². The summed E-state index contributed by atoms with van der Waals surface area (Å²) >= 11 is 0. The van der Waals surface area contributed by atoms with Crippen LogP contribution in [0.3, 0.4) is 0 Å². The minimum atomic E-state index is -1.54. The molecular formula is C27H38F2O5. The summed E-state index contributed by atoms with van der Waals surface area (Å²) in [7, 11) is 1.68. The lowest BCUT2D eigenvalue weighted by Crippen LogP contribution is -2.28. The Hall–Kier alpha value is -2.18. The van der Waals surface area contributed by atoms with Crippen LogP contribution in [-0.4, -0.2) is 43.6 Å². The van der Waals surface area contributed by atoms with Crippen LogP contribution in [0.5, 0.6) is 5.75 Å². The quantitative estimate of drug-likeness (QED) is 0.387. The fourth-order valence-corrected chi connectivity index (χ4v) is 5.13. The number of benzene rings is 1. The molecular weight excluding hydrogens is 442 g/mol. The first kappa shape index (κ1) is 26.4. The van der Waals surface area contributed by atoms with Gasteiger partial charge in [-0.15, -0.1) is 0 Å². The van der Waals surface area contributed by atoms with Gasteiger partial charge in [0.15, 0.2) is 12.3 Å². The molecule has 1 aromatic carbocycles. The first-order valence-corrected chi connectivity index (χ1v) is 12.7. The van der Waals surface area contributed by atoms with Crippen molar-refractivity contribution >= 4 is 11.9 Å². The number of esters is 2. The average Bonchev–Trinajstić information content (AvgIpc) is 2.88. The van der Waals surface area contributed by atoms with Crippen LogP contribution in [0.4, 0.5) is 8.78 Å². The van der Waals surface area contributed by atoms with Gasteiger partial charge in [0.25, 0.3) is 0 Å². The van der Waals surface area contributed by atoms with E-state index in [0.717, 1.165) is 62.7 Å². The zero-order valence-corrected chi connectivity index (χ0v) is 20.6. The summed E-state index contributed by atoms with van der Waals surface area (Å²) < 4.78 is 43.4. The van der Waals surface area contributed by atoms with Crippen LogP contribution in [0, 0.1) is 0 Å². The molecule has 0 bridgehead atoms. The van der Waals surface area contributed by atoms with Gasteiger partial charge >= 0.3 is 11.9 Å². The highest BCUT2D eigenvalue weighted by Gasteiger charge is 2.30. The van der Waals surface area contributed by atoms with Crippen LogP contribution >= 0.6 is 0 Å². The van der Waals surface area contributed by atoms with Crippen LogP contribution in [0.2, 0.25) is 0 Å². The molecule has 5 nitrogen and oxygen atoms in total. The number of hydrogen-bond donors (Lipinski definition) is 0. The van der Waals surface area contributed by atoms with Crippen molar-refractivity contribution in [1.82, 2.24) is 0 Å². The zero-order valence-electron chi connectivity index (χ0n) is 20.6. The second kappa shape index (κ2) is 12.5. The molecule has 2 fully saturated rings. The largest absolute Gasteiger partial charge is 0.496 e. The standard InChI is InChI=1S/C27H38F2O5/c1-4-23(28)26(30)33-20-11-6-17(7-12-20)19-10-15-22(25(16-19)32-3)18-8-13-21(14-9-18)34-27(31)24(29)5-2/h10,15-18,20-21,23-24H,4-9,11-14H2,1-3H3. The molecule has 2 saturated carbocycles. The number of alkyl halides is 2. The summed E-state index contributed by atoms with van der Waals surface area (Å²) in [5, 5.41) is 0. The first-order chi connectivity index (χ1) is 16.4. The van der Waals surface area contributed by atoms with Gasteiger partial charge in [0.05, 0.1) is 7.11 Å². The van der Waals surface area contributed by atoms with Crippen molar-refractivity contribution in [2.75, 3.05) is 7.11 Å². The minimum absolute atomic E-state index is 0.140. The molecule has 2 aliphatic carbocycles. The molecule has 2 unspecified atom stereocenters. The molecule has 0 radical (unpaired) electrons. The van der Waals surface area contributed by atoms with Crippen LogP contribution in [0.15, 0.2) is 18.2 Å². The van der Waals surface area contributed by atoms with Gasteiger partial charge in [0.1, 0.15) is 18.0 Å². The zero-order chi connectivity index (χ0) is 24.7. The van der Waals surface area contributed by atoms with E-state index in [2.05, 4.69) is 18.2 Å². The smallest absolute Gasteiger partial charge is 0.340 e. The molecule has 34 heavy (non-hydrogen) atoms. The van der Waals surface area contributed by atoms with E-state index in [0.29, 0.717) is 11.8 Å². The number of rotatable bonds is 9. The van der Waals surface area contributed by atoms with Gasteiger partial charge in [0.2, 0.25) is 0 Å². The van der Waals surface area contributed by atoms with E-state index in [1.54, 1.807) is 21.0 Å². The number of halogens is 2. The molecule has 7 heteroatoms. The first-order valence-electron chi connectivity index (χ1n) is 12.7. The van der Waals surface area contributed by atoms with Crippen LogP contribution in [0.25, 0.3) is 0 Å². The van der Waals surface area contributed by atoms with Gasteiger partial charge in [-0.25, -0.2) is 18.4 Å². The van der Waals surface area contributed by atoms with Crippen molar-refractivity contribution < 1.29 is 32.6 Å². The molecule has 0 spiro atoms. The third-order valence-electron chi connectivity index (χ3n) is 7.31. The molecule has 0 amide bonds. The van der Waals surface area contributed by atoms with Crippen molar-refractivity contribution in [3.63, 3.8) is 0 Å². The van der Waals surface area contributed by atoms with Crippen molar-refractivity contribution in [3.8, 4) is 5.75 Å². The maximum absolute atomic E-state index is 13.5. The molecule has 2 aliphatic rings. The number of methoxy groups -OCH3 is 1. The number of ether oxygens (including phenoxy) is 3. The third kappa shape index (κ3) is 6.70. The van der Waals surface area contributed by atoms with Crippen LogP contribution in [-0.2, 0) is 19.1 Å². The van der Waals surface area contributed by atoms with Crippen molar-refractivity contribution in [1.29, 1.82) is 0 Å². The average molecular weight is 481 g/mol. The number of hydrogen-bond acceptors (Lipinski definition) is 5. The van der Waals surface area contributed by atoms with E-state index in [4.69, 9.17) is 14.2 Å². The van der Waals surface area contributed by atoms with E-state index in [-0.39, 0.29) is 25.0 Å². The Kier molecular flexibility index (Phi) is 9.72. The normalized spacial score (nSPS) is 26.9. The molecule has 2 atom stereocenters. The van der Waals surface area contributed by atoms with E-state index in [1.165, 1.54) is 5.56 Å². The van der Waals surface area contributed by atoms with Crippen LogP contribution < -0.4 is 4.74 Å². The van der Waals surface area contributed by atoms with E-state index in [1.807, 2.05) is 0 Å². The Balaban J connectivity index is 1.54. The third-order valence-corrected chi connectivity index (χ3v) is 7.31. The summed E-state index contributed by atoms with van der Waals surface area (Å²) in [6.07, 6.45) is 3.19. The van der Waals surface area contributed by atoms with E-state index < -0.39 is 24.3 Å². The minimum Gasteiger partial charge on any atom is -0.496 e. The van der Waals surface area contributed by atoms with Gasteiger partial charge in [-0.05, 0) is 93.2 Å². The predicted molar refractivity (Wildman–Crippen MR) is 126 cm³/mol. The molecule has 3 rings (SSSR count). The lowest BCUT2D eigenvalue weighted by atomic mass is 9.79. The van der Waals surface area contributed by atoms with Gasteiger partial charge in [-0.2, -0.15) is 0 Å². The fourth-order valence-electron chi connectivity index (χ4n) is 5.13. The number of carbonyl (C=O) groups is 2. The summed E-state index contributed by atoms with van der Waals surface area (Å²) in [5.74, 6) is 0.0503. The highest BCUT2D eigenvalue weighted by Crippen LogP contribution is 2.41. The molecule has 0 saturated heterocycles. The van der Waals surface area contributed by atoms with Gasteiger partial charge in [-0.1, -0.05) is 26.0 Å². The number of carbonyl (C=O) groups excluding carboxylic acids is 2. The maximum atomic E-state index is 13.5. The molecule has 1 aromatic rings. The predicted octanol–water partition coefficient (Wildman–Crippen LogP) is 6.33. The van der Waals surface area contributed by atoms with Gasteiger partial charge in [0, 0.05) is 0 Å².